The molecule has 2 aromatic carbocycles. The number of hydrogen-bond donors (Lipinski definition) is 1. The molecule has 0 saturated carbocycles. The molecule has 0 amide bonds. The van der Waals surface area contributed by atoms with E-state index >= 15 is 0 Å². The average molecular weight is 382 g/mol. The fraction of sp³-hybridized carbons (Fsp3) is 0. The summed E-state index contributed by atoms with van der Waals surface area (Å²) in [6.45, 7) is 0. The van der Waals surface area contributed by atoms with Crippen molar-refractivity contribution in [2.24, 2.45) is 0 Å². The van der Waals surface area contributed by atoms with Gasteiger partial charge in [-0.05, 0) is 56.1 Å². The van der Waals surface area contributed by atoms with Gasteiger partial charge in [0.2, 0.25) is 0 Å². The highest BCUT2D eigenvalue weighted by molar-refractivity contribution is 9.11. The number of carboxylic acids is 1. The van der Waals surface area contributed by atoms with E-state index in [0.717, 1.165) is 8.95 Å². The highest BCUT2D eigenvalue weighted by atomic mass is 79.9. The molecule has 4 nitrogen and oxygen atoms in total. The Kier molecular flexibility index (Phi) is 2.99. The Balaban J connectivity index is 2.52. The number of halogens is 2. The van der Waals surface area contributed by atoms with Gasteiger partial charge in [-0.15, -0.1) is 0 Å². The number of aromatic nitrogens is 2. The molecule has 19 heavy (non-hydrogen) atoms. The highest BCUT2D eigenvalue weighted by Crippen LogP contribution is 2.29. The van der Waals surface area contributed by atoms with Crippen LogP contribution in [0.2, 0.25) is 0 Å². The number of carboxylic acid groups (broad SMARTS) is 1. The van der Waals surface area contributed by atoms with Gasteiger partial charge in [-0.3, -0.25) is 0 Å². The zero-order chi connectivity index (χ0) is 13.6. The Hall–Kier alpha value is -1.53. The van der Waals surface area contributed by atoms with Crippen LogP contribution in [-0.2, 0) is 0 Å². The monoisotopic (exact) mass is 380 g/mol. The molecule has 0 saturated heterocycles. The van der Waals surface area contributed by atoms with E-state index in [1.54, 1.807) is 12.1 Å². The van der Waals surface area contributed by atoms with E-state index in [1.807, 2.05) is 12.1 Å². The summed E-state index contributed by atoms with van der Waals surface area (Å²) < 4.78 is 1.60. The van der Waals surface area contributed by atoms with Crippen LogP contribution < -0.4 is 0 Å². The number of fused-ring (bicyclic) bond motifs is 2. The van der Waals surface area contributed by atoms with Gasteiger partial charge in [0.25, 0.3) is 0 Å². The summed E-state index contributed by atoms with van der Waals surface area (Å²) in [6.07, 6.45) is 0. The van der Waals surface area contributed by atoms with Crippen molar-refractivity contribution in [3.63, 3.8) is 0 Å². The third-order valence-electron chi connectivity index (χ3n) is 2.75. The summed E-state index contributed by atoms with van der Waals surface area (Å²) >= 11 is 6.83. The topological polar surface area (TPSA) is 63.1 Å². The van der Waals surface area contributed by atoms with Crippen LogP contribution in [0.4, 0.5) is 0 Å². The number of nitrogens with zero attached hydrogens (tertiary/aromatic N) is 2. The van der Waals surface area contributed by atoms with Gasteiger partial charge in [0.05, 0.1) is 11.1 Å². The number of aromatic carboxylic acids is 1. The molecule has 0 unspecified atom stereocenters. The van der Waals surface area contributed by atoms with Crippen molar-refractivity contribution in [1.29, 1.82) is 0 Å². The maximum absolute atomic E-state index is 11.2. The largest absolute Gasteiger partial charge is 0.478 e. The van der Waals surface area contributed by atoms with E-state index in [9.17, 15) is 9.90 Å². The molecule has 1 aromatic heterocycles. The average Bonchev–Trinajstić information content (AvgIpc) is 2.40. The summed E-state index contributed by atoms with van der Waals surface area (Å²) in [5, 5.41) is 9.19. The molecule has 1 N–H and O–H groups in total. The Morgan fingerprint density at radius 2 is 1.58 bits per heavy atom. The molecule has 0 spiro atoms. The van der Waals surface area contributed by atoms with Crippen molar-refractivity contribution in [2.45, 2.75) is 0 Å². The second-order valence-electron chi connectivity index (χ2n) is 3.93. The van der Waals surface area contributed by atoms with Gasteiger partial charge in [-0.2, -0.15) is 0 Å². The third kappa shape index (κ3) is 2.01. The molecule has 0 aliphatic heterocycles. The van der Waals surface area contributed by atoms with E-state index in [4.69, 9.17) is 0 Å². The van der Waals surface area contributed by atoms with Gasteiger partial charge in [0.15, 0.2) is 0 Å². The van der Waals surface area contributed by atoms with Gasteiger partial charge < -0.3 is 5.11 Å². The highest BCUT2D eigenvalue weighted by Gasteiger charge is 2.13. The molecule has 0 aliphatic rings. The molecule has 0 atom stereocenters. The number of benzene rings is 2. The lowest BCUT2D eigenvalue weighted by molar-refractivity contribution is 0.0699. The Bertz CT molecular complexity index is 834. The van der Waals surface area contributed by atoms with Crippen molar-refractivity contribution < 1.29 is 9.90 Å². The number of para-hydroxylation sites is 1. The molecule has 6 heteroatoms. The van der Waals surface area contributed by atoms with Gasteiger partial charge in [-0.25, -0.2) is 14.8 Å². The Morgan fingerprint density at radius 1 is 0.947 bits per heavy atom. The maximum atomic E-state index is 11.2. The molecule has 0 radical (unpaired) electrons. The van der Waals surface area contributed by atoms with Crippen molar-refractivity contribution in [3.8, 4) is 0 Å². The second kappa shape index (κ2) is 4.54. The first-order valence-corrected chi connectivity index (χ1v) is 6.94. The van der Waals surface area contributed by atoms with E-state index in [-0.39, 0.29) is 5.56 Å². The molecular formula is C13H6Br2N2O2. The summed E-state index contributed by atoms with van der Waals surface area (Å²) in [5.74, 6) is -1.01. The van der Waals surface area contributed by atoms with Gasteiger partial charge in [0.1, 0.15) is 16.6 Å². The number of rotatable bonds is 1. The standard InChI is InChI=1S/C13H6Br2N2O2/c14-7-4-5-8(15)12-11(7)16-9-3-1-2-6(13(18)19)10(9)17-12/h1-5H,(H,18,19). The van der Waals surface area contributed by atoms with Crippen LogP contribution in [0.3, 0.4) is 0 Å². The summed E-state index contributed by atoms with van der Waals surface area (Å²) in [7, 11) is 0. The van der Waals surface area contributed by atoms with Crippen LogP contribution in [0.1, 0.15) is 10.4 Å². The van der Waals surface area contributed by atoms with Crippen molar-refractivity contribution in [3.05, 3.63) is 44.8 Å². The number of hydrogen-bond acceptors (Lipinski definition) is 3. The summed E-state index contributed by atoms with van der Waals surface area (Å²) in [6, 6.07) is 8.65. The van der Waals surface area contributed by atoms with E-state index in [0.29, 0.717) is 22.1 Å². The molecule has 0 bridgehead atoms. The molecule has 94 valence electrons. The second-order valence-corrected chi connectivity index (χ2v) is 5.64. The zero-order valence-corrected chi connectivity index (χ0v) is 12.6. The lowest BCUT2D eigenvalue weighted by atomic mass is 10.1. The van der Waals surface area contributed by atoms with Crippen LogP contribution in [-0.4, -0.2) is 21.0 Å². The van der Waals surface area contributed by atoms with E-state index in [1.165, 1.54) is 6.07 Å². The smallest absolute Gasteiger partial charge is 0.337 e. The van der Waals surface area contributed by atoms with Crippen LogP contribution in [0.15, 0.2) is 39.3 Å². The molecule has 0 aliphatic carbocycles. The summed E-state index contributed by atoms with van der Waals surface area (Å²) in [5.41, 5.74) is 2.44. The van der Waals surface area contributed by atoms with Crippen molar-refractivity contribution in [2.75, 3.05) is 0 Å². The molecule has 3 rings (SSSR count). The predicted octanol–water partition coefficient (Wildman–Crippen LogP) is 4.01. The first kappa shape index (κ1) is 12.5. The van der Waals surface area contributed by atoms with Crippen LogP contribution in [0.25, 0.3) is 22.1 Å². The Morgan fingerprint density at radius 3 is 2.21 bits per heavy atom. The first-order chi connectivity index (χ1) is 9.08. The fourth-order valence-electron chi connectivity index (χ4n) is 1.89. The first-order valence-electron chi connectivity index (χ1n) is 5.35. The maximum Gasteiger partial charge on any atom is 0.337 e. The minimum atomic E-state index is -1.01. The van der Waals surface area contributed by atoms with Crippen molar-refractivity contribution >= 4 is 59.9 Å². The van der Waals surface area contributed by atoms with Gasteiger partial charge in [0, 0.05) is 8.95 Å². The molecule has 3 aromatic rings. The third-order valence-corrected chi connectivity index (χ3v) is 4.03. The predicted molar refractivity (Wildman–Crippen MR) is 79.4 cm³/mol. The van der Waals surface area contributed by atoms with Crippen LogP contribution in [0.5, 0.6) is 0 Å². The van der Waals surface area contributed by atoms with Crippen LogP contribution >= 0.6 is 31.9 Å². The minimum Gasteiger partial charge on any atom is -0.478 e. The molecule has 1 heterocycles. The van der Waals surface area contributed by atoms with Crippen molar-refractivity contribution in [1.82, 2.24) is 9.97 Å². The van der Waals surface area contributed by atoms with Gasteiger partial charge >= 0.3 is 5.97 Å². The fourth-order valence-corrected chi connectivity index (χ4v) is 2.70. The number of carbonyl (C=O) groups is 1. The van der Waals surface area contributed by atoms with Gasteiger partial charge in [-0.1, -0.05) is 6.07 Å². The van der Waals surface area contributed by atoms with E-state index < -0.39 is 5.97 Å². The lowest BCUT2D eigenvalue weighted by Gasteiger charge is -2.06. The lowest BCUT2D eigenvalue weighted by Crippen LogP contribution is -2.00. The molecular weight excluding hydrogens is 376 g/mol. The normalized spacial score (nSPS) is 11.1. The minimum absolute atomic E-state index is 0.152. The van der Waals surface area contributed by atoms with Crippen LogP contribution in [0, 0.1) is 0 Å². The SMILES string of the molecule is O=C(O)c1cccc2nc3c(Br)ccc(Br)c3nc12. The zero-order valence-electron chi connectivity index (χ0n) is 9.39. The van der Waals surface area contributed by atoms with E-state index in [2.05, 4.69) is 41.8 Å². The summed E-state index contributed by atoms with van der Waals surface area (Å²) in [4.78, 5) is 20.1. The Labute approximate surface area is 124 Å². The quantitative estimate of drug-likeness (QED) is 0.647. The molecule has 0 fully saturated rings.